The smallest absolute Gasteiger partial charge is 0.254 e. The largest absolute Gasteiger partial charge is 0.394 e. The average Bonchev–Trinajstić information content (AvgIpc) is 2.23. The van der Waals surface area contributed by atoms with E-state index in [4.69, 9.17) is 16.7 Å². The molecule has 0 spiro atoms. The van der Waals surface area contributed by atoms with Crippen molar-refractivity contribution in [3.8, 4) is 0 Å². The average molecular weight is 250 g/mol. The highest BCUT2D eigenvalue weighted by Crippen LogP contribution is 2.19. The first-order valence-electron chi connectivity index (χ1n) is 4.52. The van der Waals surface area contributed by atoms with E-state index in [9.17, 15) is 13.6 Å². The van der Waals surface area contributed by atoms with E-state index >= 15 is 0 Å². The van der Waals surface area contributed by atoms with E-state index in [2.05, 4.69) is 5.32 Å². The molecule has 0 aromatic heterocycles. The first-order valence-corrected chi connectivity index (χ1v) is 4.89. The molecule has 88 valence electrons. The highest BCUT2D eigenvalue weighted by Gasteiger charge is 2.16. The van der Waals surface area contributed by atoms with Crippen molar-refractivity contribution in [1.82, 2.24) is 5.32 Å². The van der Waals surface area contributed by atoms with Gasteiger partial charge in [-0.05, 0) is 19.1 Å². The molecule has 0 radical (unpaired) electrons. The van der Waals surface area contributed by atoms with Gasteiger partial charge in [-0.3, -0.25) is 4.79 Å². The molecule has 0 heterocycles. The van der Waals surface area contributed by atoms with E-state index in [0.29, 0.717) is 0 Å². The monoisotopic (exact) mass is 249 g/mol. The summed E-state index contributed by atoms with van der Waals surface area (Å²) in [6, 6.07) is 0.914. The second-order valence-electron chi connectivity index (χ2n) is 3.30. The third-order valence-corrected chi connectivity index (χ3v) is 2.20. The molecule has 6 heteroatoms. The van der Waals surface area contributed by atoms with Crippen LogP contribution in [0.4, 0.5) is 8.78 Å². The summed E-state index contributed by atoms with van der Waals surface area (Å²) in [6.07, 6.45) is 0. The van der Waals surface area contributed by atoms with Gasteiger partial charge in [-0.15, -0.1) is 0 Å². The van der Waals surface area contributed by atoms with Gasteiger partial charge in [0.05, 0.1) is 17.2 Å². The summed E-state index contributed by atoms with van der Waals surface area (Å²) in [7, 11) is 0. The fraction of sp³-hybridized carbons (Fsp3) is 0.300. The molecule has 1 aromatic carbocycles. The number of rotatable bonds is 3. The number of nitrogens with one attached hydrogen (secondary N) is 1. The normalized spacial score (nSPS) is 12.3. The standard InChI is InChI=1S/C10H10ClF2NO2/c1-5(4-15)14-10(16)6-2-9(13)7(11)3-8(6)12/h2-3,5,15H,4H2,1H3,(H,14,16)/t5-/m0/s1. The fourth-order valence-corrected chi connectivity index (χ4v) is 1.19. The zero-order valence-corrected chi connectivity index (χ0v) is 9.18. The lowest BCUT2D eigenvalue weighted by Crippen LogP contribution is -2.35. The third kappa shape index (κ3) is 2.90. The molecule has 0 aliphatic carbocycles. The van der Waals surface area contributed by atoms with E-state index in [1.54, 1.807) is 0 Å². The van der Waals surface area contributed by atoms with Gasteiger partial charge in [-0.1, -0.05) is 11.6 Å². The van der Waals surface area contributed by atoms with Gasteiger partial charge in [0.15, 0.2) is 0 Å². The summed E-state index contributed by atoms with van der Waals surface area (Å²) in [6.45, 7) is 1.24. The molecule has 0 saturated carbocycles. The first kappa shape index (κ1) is 12.9. The van der Waals surface area contributed by atoms with E-state index in [1.165, 1.54) is 6.92 Å². The van der Waals surface area contributed by atoms with Gasteiger partial charge in [0.2, 0.25) is 0 Å². The Kier molecular flexibility index (Phi) is 4.20. The lowest BCUT2D eigenvalue weighted by atomic mass is 10.2. The van der Waals surface area contributed by atoms with Crippen LogP contribution in [0.15, 0.2) is 12.1 Å². The number of aliphatic hydroxyl groups excluding tert-OH is 1. The number of benzene rings is 1. The van der Waals surface area contributed by atoms with Gasteiger partial charge in [-0.2, -0.15) is 0 Å². The Balaban J connectivity index is 2.96. The van der Waals surface area contributed by atoms with Crippen molar-refractivity contribution in [2.75, 3.05) is 6.61 Å². The van der Waals surface area contributed by atoms with Crippen molar-refractivity contribution in [3.05, 3.63) is 34.4 Å². The molecule has 0 aliphatic heterocycles. The highest BCUT2D eigenvalue weighted by molar-refractivity contribution is 6.30. The van der Waals surface area contributed by atoms with Crippen molar-refractivity contribution in [2.45, 2.75) is 13.0 Å². The molecule has 0 bridgehead atoms. The maximum Gasteiger partial charge on any atom is 0.254 e. The molecule has 3 nitrogen and oxygen atoms in total. The summed E-state index contributed by atoms with van der Waals surface area (Å²) in [4.78, 5) is 11.4. The third-order valence-electron chi connectivity index (χ3n) is 1.91. The number of carbonyl (C=O) groups excluding carboxylic acids is 1. The predicted molar refractivity (Wildman–Crippen MR) is 55.4 cm³/mol. The van der Waals surface area contributed by atoms with E-state index in [1.807, 2.05) is 0 Å². The maximum absolute atomic E-state index is 13.3. The maximum atomic E-state index is 13.3. The Morgan fingerprint density at radius 2 is 2.12 bits per heavy atom. The number of hydrogen-bond donors (Lipinski definition) is 2. The van der Waals surface area contributed by atoms with Crippen LogP contribution < -0.4 is 5.32 Å². The molecule has 0 aliphatic rings. The van der Waals surface area contributed by atoms with Crippen LogP contribution in [0.2, 0.25) is 5.02 Å². The van der Waals surface area contributed by atoms with E-state index < -0.39 is 29.1 Å². The highest BCUT2D eigenvalue weighted by atomic mass is 35.5. The van der Waals surface area contributed by atoms with Crippen LogP contribution >= 0.6 is 11.6 Å². The lowest BCUT2D eigenvalue weighted by molar-refractivity contribution is 0.0917. The Morgan fingerprint density at radius 3 is 2.69 bits per heavy atom. The minimum Gasteiger partial charge on any atom is -0.394 e. The van der Waals surface area contributed by atoms with Crippen LogP contribution in [0, 0.1) is 11.6 Å². The van der Waals surface area contributed by atoms with Gasteiger partial charge in [0, 0.05) is 6.04 Å². The van der Waals surface area contributed by atoms with E-state index in [0.717, 1.165) is 12.1 Å². The van der Waals surface area contributed by atoms with Crippen molar-refractivity contribution in [3.63, 3.8) is 0 Å². The zero-order valence-electron chi connectivity index (χ0n) is 8.43. The van der Waals surface area contributed by atoms with Crippen LogP contribution in [-0.2, 0) is 0 Å². The molecule has 16 heavy (non-hydrogen) atoms. The number of aliphatic hydroxyl groups is 1. The summed E-state index contributed by atoms with van der Waals surface area (Å²) < 4.78 is 26.3. The molecule has 1 rings (SSSR count). The summed E-state index contributed by atoms with van der Waals surface area (Å²) in [5.74, 6) is -2.58. The number of amides is 1. The molecule has 0 fully saturated rings. The molecule has 0 saturated heterocycles. The van der Waals surface area contributed by atoms with Crippen molar-refractivity contribution in [1.29, 1.82) is 0 Å². The molecule has 1 aromatic rings. The quantitative estimate of drug-likeness (QED) is 0.802. The van der Waals surface area contributed by atoms with Crippen LogP contribution in [0.5, 0.6) is 0 Å². The fourth-order valence-electron chi connectivity index (χ4n) is 1.04. The Bertz CT molecular complexity index is 412. The number of halogens is 3. The summed E-state index contributed by atoms with van der Waals surface area (Å²) >= 11 is 5.34. The van der Waals surface area contributed by atoms with Crippen LogP contribution in [-0.4, -0.2) is 23.7 Å². The molecule has 0 unspecified atom stereocenters. The lowest BCUT2D eigenvalue weighted by Gasteiger charge is -2.11. The van der Waals surface area contributed by atoms with Gasteiger partial charge < -0.3 is 10.4 Å². The Morgan fingerprint density at radius 1 is 1.50 bits per heavy atom. The van der Waals surface area contributed by atoms with Crippen molar-refractivity contribution in [2.24, 2.45) is 0 Å². The van der Waals surface area contributed by atoms with Gasteiger partial charge in [0.1, 0.15) is 11.6 Å². The topological polar surface area (TPSA) is 49.3 Å². The number of hydrogen-bond acceptors (Lipinski definition) is 2. The molecular weight excluding hydrogens is 240 g/mol. The van der Waals surface area contributed by atoms with Crippen LogP contribution in [0.25, 0.3) is 0 Å². The van der Waals surface area contributed by atoms with Gasteiger partial charge in [-0.25, -0.2) is 8.78 Å². The Labute approximate surface area is 96.0 Å². The van der Waals surface area contributed by atoms with E-state index in [-0.39, 0.29) is 11.6 Å². The van der Waals surface area contributed by atoms with Crippen molar-refractivity contribution >= 4 is 17.5 Å². The van der Waals surface area contributed by atoms with Gasteiger partial charge in [0.25, 0.3) is 5.91 Å². The minimum absolute atomic E-state index is 0.288. The molecular formula is C10H10ClF2NO2. The number of carbonyl (C=O) groups is 1. The summed E-state index contributed by atoms with van der Waals surface area (Å²) in [5, 5.41) is 10.6. The first-order chi connectivity index (χ1) is 7.45. The van der Waals surface area contributed by atoms with Crippen LogP contribution in [0.1, 0.15) is 17.3 Å². The SMILES string of the molecule is C[C@@H](CO)NC(=O)c1cc(F)c(Cl)cc1F. The zero-order chi connectivity index (χ0) is 12.3. The van der Waals surface area contributed by atoms with Crippen LogP contribution in [0.3, 0.4) is 0 Å². The molecule has 1 atom stereocenters. The summed E-state index contributed by atoms with van der Waals surface area (Å²) in [5.41, 5.74) is -0.442. The second kappa shape index (κ2) is 5.23. The minimum atomic E-state index is -0.908. The van der Waals surface area contributed by atoms with Gasteiger partial charge >= 0.3 is 0 Å². The predicted octanol–water partition coefficient (Wildman–Crippen LogP) is 1.73. The van der Waals surface area contributed by atoms with Crippen molar-refractivity contribution < 1.29 is 18.7 Å². The second-order valence-corrected chi connectivity index (χ2v) is 3.71. The molecule has 2 N–H and O–H groups in total. The molecule has 1 amide bonds. The Hall–Kier alpha value is -1.20.